The van der Waals surface area contributed by atoms with E-state index in [1.165, 1.54) is 0 Å². The summed E-state index contributed by atoms with van der Waals surface area (Å²) in [5, 5.41) is 2.96. The SMILES string of the molecule is CC(C)(C)NC(=O)N1CCC(CNS(=O)(=O)c2ccccc2Br)CC1. The highest BCUT2D eigenvalue weighted by Crippen LogP contribution is 2.22. The van der Waals surface area contributed by atoms with Crippen molar-refractivity contribution < 1.29 is 13.2 Å². The lowest BCUT2D eigenvalue weighted by molar-refractivity contribution is 0.163. The molecule has 1 aliphatic rings. The first-order valence-electron chi connectivity index (χ1n) is 8.40. The molecule has 1 fully saturated rings. The molecular formula is C17H26BrN3O3S. The van der Waals surface area contributed by atoms with Crippen molar-refractivity contribution in [1.82, 2.24) is 14.9 Å². The average molecular weight is 432 g/mol. The zero-order chi connectivity index (χ0) is 18.7. The summed E-state index contributed by atoms with van der Waals surface area (Å²) in [6, 6.07) is 6.71. The molecule has 0 radical (unpaired) electrons. The monoisotopic (exact) mass is 431 g/mol. The Morgan fingerprint density at radius 1 is 1.24 bits per heavy atom. The maximum atomic E-state index is 12.4. The minimum absolute atomic E-state index is 0.0558. The number of rotatable bonds is 4. The van der Waals surface area contributed by atoms with Crippen molar-refractivity contribution in [3.05, 3.63) is 28.7 Å². The molecule has 2 rings (SSSR count). The van der Waals surface area contributed by atoms with E-state index < -0.39 is 10.0 Å². The summed E-state index contributed by atoms with van der Waals surface area (Å²) < 4.78 is 28.1. The summed E-state index contributed by atoms with van der Waals surface area (Å²) >= 11 is 3.28. The van der Waals surface area contributed by atoms with Crippen LogP contribution in [0.2, 0.25) is 0 Å². The number of urea groups is 1. The van der Waals surface area contributed by atoms with Gasteiger partial charge in [0, 0.05) is 29.6 Å². The second-order valence-electron chi connectivity index (χ2n) is 7.39. The van der Waals surface area contributed by atoms with Gasteiger partial charge in [-0.1, -0.05) is 12.1 Å². The molecule has 6 nitrogen and oxygen atoms in total. The van der Waals surface area contributed by atoms with Crippen molar-refractivity contribution >= 4 is 32.0 Å². The van der Waals surface area contributed by atoms with Gasteiger partial charge >= 0.3 is 6.03 Å². The number of sulfonamides is 1. The van der Waals surface area contributed by atoms with Crippen LogP contribution in [0.1, 0.15) is 33.6 Å². The molecule has 140 valence electrons. The fraction of sp³-hybridized carbons (Fsp3) is 0.588. The molecule has 0 bridgehead atoms. The van der Waals surface area contributed by atoms with Crippen LogP contribution < -0.4 is 10.0 Å². The van der Waals surface area contributed by atoms with E-state index in [4.69, 9.17) is 0 Å². The number of hydrogen-bond donors (Lipinski definition) is 2. The zero-order valence-electron chi connectivity index (χ0n) is 14.9. The quantitative estimate of drug-likeness (QED) is 0.768. The fourth-order valence-electron chi connectivity index (χ4n) is 2.71. The number of piperidine rings is 1. The highest BCUT2D eigenvalue weighted by atomic mass is 79.9. The average Bonchev–Trinajstić information content (AvgIpc) is 2.52. The number of hydrogen-bond acceptors (Lipinski definition) is 3. The molecule has 1 saturated heterocycles. The Morgan fingerprint density at radius 3 is 2.40 bits per heavy atom. The molecular weight excluding hydrogens is 406 g/mol. The van der Waals surface area contributed by atoms with Gasteiger partial charge < -0.3 is 10.2 Å². The van der Waals surface area contributed by atoms with Crippen LogP contribution in [-0.4, -0.2) is 44.5 Å². The van der Waals surface area contributed by atoms with Gasteiger partial charge in [-0.3, -0.25) is 0 Å². The van der Waals surface area contributed by atoms with E-state index in [0.29, 0.717) is 24.1 Å². The summed E-state index contributed by atoms with van der Waals surface area (Å²) in [5.41, 5.74) is -0.257. The summed E-state index contributed by atoms with van der Waals surface area (Å²) in [6.07, 6.45) is 1.58. The Bertz CT molecular complexity index is 708. The molecule has 0 aliphatic carbocycles. The molecule has 2 amide bonds. The minimum Gasteiger partial charge on any atom is -0.333 e. The van der Waals surface area contributed by atoms with E-state index in [1.54, 1.807) is 29.2 Å². The molecule has 25 heavy (non-hydrogen) atoms. The van der Waals surface area contributed by atoms with Crippen molar-refractivity contribution in [3.8, 4) is 0 Å². The fourth-order valence-corrected chi connectivity index (χ4v) is 4.83. The predicted molar refractivity (Wildman–Crippen MR) is 102 cm³/mol. The van der Waals surface area contributed by atoms with Crippen molar-refractivity contribution in [2.75, 3.05) is 19.6 Å². The van der Waals surface area contributed by atoms with Gasteiger partial charge in [0.25, 0.3) is 0 Å². The predicted octanol–water partition coefficient (Wildman–Crippen LogP) is 2.95. The molecule has 2 N–H and O–H groups in total. The number of nitrogens with one attached hydrogen (secondary N) is 2. The molecule has 0 unspecified atom stereocenters. The van der Waals surface area contributed by atoms with Gasteiger partial charge in [0.05, 0.1) is 4.90 Å². The molecule has 0 saturated carbocycles. The van der Waals surface area contributed by atoms with Crippen LogP contribution in [0.3, 0.4) is 0 Å². The first kappa shape index (κ1) is 20.2. The van der Waals surface area contributed by atoms with Crippen LogP contribution in [0.15, 0.2) is 33.6 Å². The van der Waals surface area contributed by atoms with Gasteiger partial charge in [0.15, 0.2) is 0 Å². The molecule has 1 aliphatic heterocycles. The molecule has 0 atom stereocenters. The summed E-state index contributed by atoms with van der Waals surface area (Å²) in [4.78, 5) is 14.2. The van der Waals surface area contributed by atoms with E-state index >= 15 is 0 Å². The van der Waals surface area contributed by atoms with E-state index in [0.717, 1.165) is 12.8 Å². The number of carbonyl (C=O) groups is 1. The third-order valence-corrected chi connectivity index (χ3v) is 6.51. The molecule has 1 aromatic rings. The van der Waals surface area contributed by atoms with Crippen LogP contribution >= 0.6 is 15.9 Å². The second kappa shape index (κ2) is 8.05. The van der Waals surface area contributed by atoms with Gasteiger partial charge in [-0.2, -0.15) is 0 Å². The van der Waals surface area contributed by atoms with Crippen molar-refractivity contribution in [2.45, 2.75) is 44.0 Å². The highest BCUT2D eigenvalue weighted by Gasteiger charge is 2.26. The number of likely N-dealkylation sites (tertiary alicyclic amines) is 1. The van der Waals surface area contributed by atoms with Crippen molar-refractivity contribution in [1.29, 1.82) is 0 Å². The lowest BCUT2D eigenvalue weighted by Gasteiger charge is -2.34. The van der Waals surface area contributed by atoms with Crippen LogP contribution in [0, 0.1) is 5.92 Å². The number of amides is 2. The summed E-state index contributed by atoms with van der Waals surface area (Å²) in [5.74, 6) is 0.232. The zero-order valence-corrected chi connectivity index (χ0v) is 17.3. The molecule has 0 spiro atoms. The van der Waals surface area contributed by atoms with Gasteiger partial charge in [0.1, 0.15) is 0 Å². The second-order valence-corrected chi connectivity index (χ2v) is 9.98. The third kappa shape index (κ3) is 5.97. The minimum atomic E-state index is -3.53. The third-order valence-electron chi connectivity index (χ3n) is 4.07. The van der Waals surface area contributed by atoms with Crippen molar-refractivity contribution in [3.63, 3.8) is 0 Å². The summed E-state index contributed by atoms with van der Waals surface area (Å²) in [7, 11) is -3.53. The topological polar surface area (TPSA) is 78.5 Å². The lowest BCUT2D eigenvalue weighted by atomic mass is 9.97. The highest BCUT2D eigenvalue weighted by molar-refractivity contribution is 9.10. The van der Waals surface area contributed by atoms with Gasteiger partial charge in [-0.25, -0.2) is 17.9 Å². The molecule has 8 heteroatoms. The van der Waals surface area contributed by atoms with E-state index in [9.17, 15) is 13.2 Å². The maximum Gasteiger partial charge on any atom is 0.317 e. The first-order chi connectivity index (χ1) is 11.6. The van der Waals surface area contributed by atoms with Gasteiger partial charge in [-0.15, -0.1) is 0 Å². The van der Waals surface area contributed by atoms with E-state index in [2.05, 4.69) is 26.0 Å². The Labute approximate surface area is 158 Å². The number of carbonyl (C=O) groups excluding carboxylic acids is 1. The number of halogens is 1. The number of benzene rings is 1. The summed E-state index contributed by atoms with van der Waals surface area (Å²) in [6.45, 7) is 7.53. The Morgan fingerprint density at radius 2 is 1.84 bits per heavy atom. The molecule has 1 aromatic carbocycles. The van der Waals surface area contributed by atoms with Crippen LogP contribution in [0.25, 0.3) is 0 Å². The maximum absolute atomic E-state index is 12.4. The van der Waals surface area contributed by atoms with Crippen molar-refractivity contribution in [2.24, 2.45) is 5.92 Å². The first-order valence-corrected chi connectivity index (χ1v) is 10.7. The van der Waals surface area contributed by atoms with E-state index in [-0.39, 0.29) is 22.4 Å². The van der Waals surface area contributed by atoms with Crippen LogP contribution in [-0.2, 0) is 10.0 Å². The standard InChI is InChI=1S/C17H26BrN3O3S/c1-17(2,3)20-16(22)21-10-8-13(9-11-21)12-19-25(23,24)15-7-5-4-6-14(15)18/h4-7,13,19H,8-12H2,1-3H3,(H,20,22). The number of nitrogens with zero attached hydrogens (tertiary/aromatic N) is 1. The smallest absolute Gasteiger partial charge is 0.317 e. The molecule has 1 heterocycles. The Balaban J connectivity index is 1.85. The molecule has 0 aromatic heterocycles. The Kier molecular flexibility index (Phi) is 6.51. The van der Waals surface area contributed by atoms with E-state index in [1.807, 2.05) is 20.8 Å². The Hall–Kier alpha value is -1.12. The van der Waals surface area contributed by atoms with Crippen LogP contribution in [0.4, 0.5) is 4.79 Å². The van der Waals surface area contributed by atoms with Gasteiger partial charge in [0.2, 0.25) is 10.0 Å². The largest absolute Gasteiger partial charge is 0.333 e. The lowest BCUT2D eigenvalue weighted by Crippen LogP contribution is -2.51. The van der Waals surface area contributed by atoms with Crippen LogP contribution in [0.5, 0.6) is 0 Å². The normalized spacial score (nSPS) is 16.7. The van der Waals surface area contributed by atoms with Gasteiger partial charge in [-0.05, 0) is 67.6 Å².